The number of alkyl halides is 3. The zero-order valence-corrected chi connectivity index (χ0v) is 10.5. The van der Waals surface area contributed by atoms with Gasteiger partial charge in [-0.05, 0) is 12.1 Å². The van der Waals surface area contributed by atoms with Crippen LogP contribution in [0, 0.1) is 5.82 Å². The fraction of sp³-hybridized carbons (Fsp3) is 0.417. The van der Waals surface area contributed by atoms with E-state index >= 15 is 0 Å². The standard InChI is InChI=1S/C12H14F4N2O/c1-17-10-8(4-3-5-9(10)13)11(19)18(2)7-6-12(14,15)16/h3-5,17H,6-7H2,1-2H3. The van der Waals surface area contributed by atoms with Crippen LogP contribution >= 0.6 is 0 Å². The largest absolute Gasteiger partial charge is 0.390 e. The summed E-state index contributed by atoms with van der Waals surface area (Å²) in [6.45, 7) is -0.470. The van der Waals surface area contributed by atoms with Gasteiger partial charge in [-0.2, -0.15) is 13.2 Å². The Morgan fingerprint density at radius 2 is 2.00 bits per heavy atom. The highest BCUT2D eigenvalue weighted by atomic mass is 19.4. The maximum atomic E-state index is 13.4. The Bertz CT molecular complexity index is 460. The summed E-state index contributed by atoms with van der Waals surface area (Å²) in [5.41, 5.74) is -0.0152. The van der Waals surface area contributed by atoms with E-state index in [1.807, 2.05) is 0 Å². The van der Waals surface area contributed by atoms with Crippen molar-refractivity contribution in [2.45, 2.75) is 12.6 Å². The van der Waals surface area contributed by atoms with Gasteiger partial charge < -0.3 is 10.2 Å². The third kappa shape index (κ3) is 4.11. The molecule has 106 valence electrons. The molecule has 0 radical (unpaired) electrons. The second kappa shape index (κ2) is 5.90. The third-order valence-electron chi connectivity index (χ3n) is 2.57. The normalized spacial score (nSPS) is 11.3. The van der Waals surface area contributed by atoms with Gasteiger partial charge in [-0.15, -0.1) is 0 Å². The lowest BCUT2D eigenvalue weighted by molar-refractivity contribution is -0.136. The molecule has 1 aromatic carbocycles. The van der Waals surface area contributed by atoms with Crippen molar-refractivity contribution in [3.63, 3.8) is 0 Å². The Kier molecular flexibility index (Phi) is 4.74. The second-order valence-corrected chi connectivity index (χ2v) is 4.00. The number of carbonyl (C=O) groups is 1. The zero-order valence-electron chi connectivity index (χ0n) is 10.5. The number of carbonyl (C=O) groups excluding carboxylic acids is 1. The Morgan fingerprint density at radius 1 is 1.37 bits per heavy atom. The average Bonchev–Trinajstić information content (AvgIpc) is 2.33. The first-order valence-corrected chi connectivity index (χ1v) is 5.54. The van der Waals surface area contributed by atoms with Crippen molar-refractivity contribution in [3.8, 4) is 0 Å². The van der Waals surface area contributed by atoms with E-state index in [2.05, 4.69) is 5.32 Å². The quantitative estimate of drug-likeness (QED) is 0.859. The van der Waals surface area contributed by atoms with E-state index in [1.54, 1.807) is 0 Å². The van der Waals surface area contributed by atoms with E-state index in [1.165, 1.54) is 32.3 Å². The summed E-state index contributed by atoms with van der Waals surface area (Å²) in [7, 11) is 2.68. The Labute approximate surface area is 108 Å². The number of anilines is 1. The lowest BCUT2D eigenvalue weighted by Crippen LogP contribution is -2.31. The Hall–Kier alpha value is -1.79. The van der Waals surface area contributed by atoms with Gasteiger partial charge in [0.2, 0.25) is 0 Å². The van der Waals surface area contributed by atoms with Crippen molar-refractivity contribution in [3.05, 3.63) is 29.6 Å². The van der Waals surface area contributed by atoms with Gasteiger partial charge in [0.1, 0.15) is 5.82 Å². The minimum absolute atomic E-state index is 0.00664. The van der Waals surface area contributed by atoms with Crippen LogP contribution in [-0.2, 0) is 0 Å². The van der Waals surface area contributed by atoms with Crippen LogP contribution in [0.15, 0.2) is 18.2 Å². The summed E-state index contributed by atoms with van der Waals surface area (Å²) in [4.78, 5) is 12.9. The van der Waals surface area contributed by atoms with Crippen LogP contribution in [0.4, 0.5) is 23.2 Å². The van der Waals surface area contributed by atoms with Crippen molar-refractivity contribution in [1.82, 2.24) is 4.90 Å². The highest BCUT2D eigenvalue weighted by molar-refractivity contribution is 5.99. The fourth-order valence-corrected chi connectivity index (χ4v) is 1.56. The molecule has 7 heteroatoms. The number of hydrogen-bond donors (Lipinski definition) is 1. The summed E-state index contributed by atoms with van der Waals surface area (Å²) in [6, 6.07) is 3.86. The van der Waals surface area contributed by atoms with Crippen molar-refractivity contribution >= 4 is 11.6 Å². The number of nitrogens with zero attached hydrogens (tertiary/aromatic N) is 1. The summed E-state index contributed by atoms with van der Waals surface area (Å²) >= 11 is 0. The molecule has 0 saturated heterocycles. The van der Waals surface area contributed by atoms with Crippen LogP contribution in [0.2, 0.25) is 0 Å². The first-order chi connectivity index (χ1) is 8.76. The number of para-hydroxylation sites is 1. The van der Waals surface area contributed by atoms with Crippen LogP contribution in [0.5, 0.6) is 0 Å². The van der Waals surface area contributed by atoms with Crippen molar-refractivity contribution in [1.29, 1.82) is 0 Å². The van der Waals surface area contributed by atoms with Gasteiger partial charge in [-0.25, -0.2) is 4.39 Å². The second-order valence-electron chi connectivity index (χ2n) is 4.00. The highest BCUT2D eigenvalue weighted by Crippen LogP contribution is 2.23. The molecule has 0 aromatic heterocycles. The number of amides is 1. The van der Waals surface area contributed by atoms with Crippen LogP contribution in [-0.4, -0.2) is 37.6 Å². The lowest BCUT2D eigenvalue weighted by Gasteiger charge is -2.19. The van der Waals surface area contributed by atoms with Crippen molar-refractivity contribution in [2.75, 3.05) is 26.0 Å². The molecular formula is C12H14F4N2O. The molecule has 1 rings (SSSR count). The number of hydrogen-bond acceptors (Lipinski definition) is 2. The van der Waals surface area contributed by atoms with E-state index in [9.17, 15) is 22.4 Å². The summed E-state index contributed by atoms with van der Waals surface area (Å²) in [6.07, 6.45) is -5.43. The third-order valence-corrected chi connectivity index (χ3v) is 2.57. The number of rotatable bonds is 4. The molecule has 3 nitrogen and oxygen atoms in total. The fourth-order valence-electron chi connectivity index (χ4n) is 1.56. The summed E-state index contributed by atoms with van der Waals surface area (Å²) in [5.74, 6) is -1.29. The summed E-state index contributed by atoms with van der Waals surface area (Å²) < 4.78 is 49.7. The molecule has 0 aliphatic carbocycles. The number of halogens is 4. The van der Waals surface area contributed by atoms with E-state index in [-0.39, 0.29) is 11.3 Å². The Balaban J connectivity index is 2.86. The maximum absolute atomic E-state index is 13.4. The van der Waals surface area contributed by atoms with Gasteiger partial charge in [-0.1, -0.05) is 6.07 Å². The minimum Gasteiger partial charge on any atom is -0.385 e. The molecule has 0 fully saturated rings. The molecular weight excluding hydrogens is 264 g/mol. The zero-order chi connectivity index (χ0) is 14.6. The van der Waals surface area contributed by atoms with E-state index in [0.29, 0.717) is 0 Å². The monoisotopic (exact) mass is 278 g/mol. The molecule has 0 aliphatic rings. The topological polar surface area (TPSA) is 32.3 Å². The summed E-state index contributed by atoms with van der Waals surface area (Å²) in [5, 5.41) is 2.53. The predicted molar refractivity (Wildman–Crippen MR) is 63.6 cm³/mol. The van der Waals surface area contributed by atoms with Crippen LogP contribution in [0.25, 0.3) is 0 Å². The SMILES string of the molecule is CNc1c(F)cccc1C(=O)N(C)CCC(F)(F)F. The average molecular weight is 278 g/mol. The van der Waals surface area contributed by atoms with Crippen LogP contribution in [0.3, 0.4) is 0 Å². The molecule has 0 aliphatic heterocycles. The molecule has 0 spiro atoms. The Morgan fingerprint density at radius 3 is 2.53 bits per heavy atom. The highest BCUT2D eigenvalue weighted by Gasteiger charge is 2.28. The first kappa shape index (κ1) is 15.3. The molecule has 1 aromatic rings. The van der Waals surface area contributed by atoms with Gasteiger partial charge in [0, 0.05) is 20.6 Å². The van der Waals surface area contributed by atoms with Crippen molar-refractivity contribution < 1.29 is 22.4 Å². The van der Waals surface area contributed by atoms with Gasteiger partial charge in [0.25, 0.3) is 5.91 Å². The molecule has 19 heavy (non-hydrogen) atoms. The molecule has 0 unspecified atom stereocenters. The van der Waals surface area contributed by atoms with E-state index in [0.717, 1.165) is 4.90 Å². The minimum atomic E-state index is -4.33. The molecule has 0 heterocycles. The number of benzene rings is 1. The van der Waals surface area contributed by atoms with Gasteiger partial charge in [0.15, 0.2) is 0 Å². The van der Waals surface area contributed by atoms with E-state index < -0.39 is 30.9 Å². The molecule has 1 N–H and O–H groups in total. The first-order valence-electron chi connectivity index (χ1n) is 5.54. The van der Waals surface area contributed by atoms with Gasteiger partial charge in [-0.3, -0.25) is 4.79 Å². The van der Waals surface area contributed by atoms with Crippen LogP contribution in [0.1, 0.15) is 16.8 Å². The van der Waals surface area contributed by atoms with Gasteiger partial charge in [0.05, 0.1) is 17.7 Å². The molecule has 1 amide bonds. The van der Waals surface area contributed by atoms with Gasteiger partial charge >= 0.3 is 6.18 Å². The van der Waals surface area contributed by atoms with Crippen molar-refractivity contribution in [2.24, 2.45) is 0 Å². The lowest BCUT2D eigenvalue weighted by atomic mass is 10.1. The molecule has 0 bridgehead atoms. The van der Waals surface area contributed by atoms with E-state index in [4.69, 9.17) is 0 Å². The molecule has 0 saturated carbocycles. The predicted octanol–water partition coefficient (Wildman–Crippen LogP) is 2.89. The molecule has 0 atom stereocenters. The maximum Gasteiger partial charge on any atom is 0.390 e. The number of nitrogens with one attached hydrogen (secondary N) is 1. The smallest absolute Gasteiger partial charge is 0.385 e. The van der Waals surface area contributed by atoms with Crippen LogP contribution < -0.4 is 5.32 Å².